The maximum absolute atomic E-state index is 12.0. The number of nitrogens with zero attached hydrogens (tertiary/aromatic N) is 3. The van der Waals surface area contributed by atoms with Crippen LogP contribution in [-0.4, -0.2) is 51.5 Å². The highest BCUT2D eigenvalue weighted by atomic mass is 16.5. The third-order valence-corrected chi connectivity index (χ3v) is 3.26. The lowest BCUT2D eigenvalue weighted by molar-refractivity contribution is -0.144. The smallest absolute Gasteiger partial charge is 0.303 e. The molecule has 7 heteroatoms. The third kappa shape index (κ3) is 4.22. The van der Waals surface area contributed by atoms with Gasteiger partial charge >= 0.3 is 5.97 Å². The predicted octanol–water partition coefficient (Wildman–Crippen LogP) is 0.858. The van der Waals surface area contributed by atoms with Crippen molar-refractivity contribution in [2.24, 2.45) is 0 Å². The molecule has 1 aliphatic rings. The maximum atomic E-state index is 12.0. The number of carbonyl (C=O) groups excluding carboxylic acids is 1. The fourth-order valence-corrected chi connectivity index (χ4v) is 2.30. The molecule has 1 aliphatic heterocycles. The molecule has 2 heterocycles. The van der Waals surface area contributed by atoms with Crippen molar-refractivity contribution >= 4 is 11.9 Å². The van der Waals surface area contributed by atoms with E-state index in [9.17, 15) is 9.59 Å². The van der Waals surface area contributed by atoms with Crippen LogP contribution < -0.4 is 0 Å². The summed E-state index contributed by atoms with van der Waals surface area (Å²) in [5.41, 5.74) is 1.71. The second-order valence-corrected chi connectivity index (χ2v) is 5.10. The highest BCUT2D eigenvalue weighted by Gasteiger charge is 2.27. The number of ether oxygens (including phenoxy) is 1. The SMILES string of the molecule is Cc1cc(C)nc([C@@H]2CN(C(=O)CCC(=O)O)CCO2)n1. The average Bonchev–Trinajstić information content (AvgIpc) is 2.44. The molecule has 7 nitrogen and oxygen atoms in total. The quantitative estimate of drug-likeness (QED) is 0.885. The lowest BCUT2D eigenvalue weighted by Gasteiger charge is -2.32. The Hall–Kier alpha value is -2.02. The van der Waals surface area contributed by atoms with Crippen LogP contribution in [0.2, 0.25) is 0 Å². The van der Waals surface area contributed by atoms with E-state index in [1.807, 2.05) is 19.9 Å². The van der Waals surface area contributed by atoms with Gasteiger partial charge < -0.3 is 14.7 Å². The van der Waals surface area contributed by atoms with Gasteiger partial charge in [0.05, 0.1) is 19.6 Å². The van der Waals surface area contributed by atoms with Gasteiger partial charge in [0.2, 0.25) is 5.91 Å². The molecule has 21 heavy (non-hydrogen) atoms. The number of hydrogen-bond donors (Lipinski definition) is 1. The molecule has 1 aromatic rings. The molecule has 1 saturated heterocycles. The van der Waals surface area contributed by atoms with Gasteiger partial charge in [-0.05, 0) is 19.9 Å². The van der Waals surface area contributed by atoms with Crippen molar-refractivity contribution in [2.75, 3.05) is 19.7 Å². The van der Waals surface area contributed by atoms with Gasteiger partial charge in [0.15, 0.2) is 5.82 Å². The van der Waals surface area contributed by atoms with Crippen molar-refractivity contribution in [1.29, 1.82) is 0 Å². The zero-order valence-electron chi connectivity index (χ0n) is 12.2. The Bertz CT molecular complexity index is 527. The first-order chi connectivity index (χ1) is 9.95. The molecular weight excluding hydrogens is 274 g/mol. The van der Waals surface area contributed by atoms with Crippen LogP contribution in [0.5, 0.6) is 0 Å². The van der Waals surface area contributed by atoms with Crippen molar-refractivity contribution < 1.29 is 19.4 Å². The lowest BCUT2D eigenvalue weighted by atomic mass is 10.2. The number of carboxylic acid groups (broad SMARTS) is 1. The normalized spacial score (nSPS) is 18.6. The summed E-state index contributed by atoms with van der Waals surface area (Å²) in [4.78, 5) is 32.8. The highest BCUT2D eigenvalue weighted by Crippen LogP contribution is 2.20. The molecule has 1 amide bonds. The molecule has 0 aliphatic carbocycles. The molecule has 2 rings (SSSR count). The number of aliphatic carboxylic acids is 1. The molecule has 0 aromatic carbocycles. The molecule has 0 bridgehead atoms. The topological polar surface area (TPSA) is 92.6 Å². The Morgan fingerprint density at radius 1 is 1.33 bits per heavy atom. The number of rotatable bonds is 4. The summed E-state index contributed by atoms with van der Waals surface area (Å²) in [6.07, 6.45) is -0.498. The van der Waals surface area contributed by atoms with E-state index in [0.717, 1.165) is 11.4 Å². The van der Waals surface area contributed by atoms with Crippen LogP contribution >= 0.6 is 0 Å². The fourth-order valence-electron chi connectivity index (χ4n) is 2.30. The molecule has 114 valence electrons. The molecule has 0 spiro atoms. The molecule has 0 saturated carbocycles. The molecule has 0 radical (unpaired) electrons. The van der Waals surface area contributed by atoms with Crippen LogP contribution in [0.25, 0.3) is 0 Å². The number of hydrogen-bond acceptors (Lipinski definition) is 5. The summed E-state index contributed by atoms with van der Waals surface area (Å²) in [6, 6.07) is 1.88. The third-order valence-electron chi connectivity index (χ3n) is 3.26. The van der Waals surface area contributed by atoms with Crippen LogP contribution in [0.1, 0.15) is 36.2 Å². The number of carbonyl (C=O) groups is 2. The Morgan fingerprint density at radius 3 is 2.62 bits per heavy atom. The van der Waals surface area contributed by atoms with Gasteiger partial charge in [0.1, 0.15) is 6.10 Å². The van der Waals surface area contributed by atoms with Gasteiger partial charge in [-0.1, -0.05) is 0 Å². The minimum atomic E-state index is -0.967. The zero-order valence-corrected chi connectivity index (χ0v) is 12.2. The standard InChI is InChI=1S/C14H19N3O4/c1-9-7-10(2)16-14(15-9)11-8-17(5-6-21-11)12(18)3-4-13(19)20/h7,11H,3-6,8H2,1-2H3,(H,19,20)/t11-/m0/s1. The predicted molar refractivity (Wildman–Crippen MR) is 73.6 cm³/mol. The number of aryl methyl sites for hydroxylation is 2. The molecular formula is C14H19N3O4. The highest BCUT2D eigenvalue weighted by molar-refractivity contribution is 5.80. The fraction of sp³-hybridized carbons (Fsp3) is 0.571. The van der Waals surface area contributed by atoms with E-state index in [1.54, 1.807) is 4.90 Å². The van der Waals surface area contributed by atoms with E-state index in [1.165, 1.54) is 0 Å². The second kappa shape index (κ2) is 6.62. The molecule has 1 fully saturated rings. The van der Waals surface area contributed by atoms with E-state index in [4.69, 9.17) is 9.84 Å². The van der Waals surface area contributed by atoms with E-state index >= 15 is 0 Å². The zero-order chi connectivity index (χ0) is 15.4. The summed E-state index contributed by atoms with van der Waals surface area (Å²) in [6.45, 7) is 5.01. The minimum Gasteiger partial charge on any atom is -0.481 e. The number of amides is 1. The van der Waals surface area contributed by atoms with Gasteiger partial charge in [-0.2, -0.15) is 0 Å². The summed E-state index contributed by atoms with van der Waals surface area (Å²) < 4.78 is 5.64. The lowest BCUT2D eigenvalue weighted by Crippen LogP contribution is -2.42. The summed E-state index contributed by atoms with van der Waals surface area (Å²) in [7, 11) is 0. The van der Waals surface area contributed by atoms with Crippen molar-refractivity contribution in [3.05, 3.63) is 23.3 Å². The molecule has 1 atom stereocenters. The van der Waals surface area contributed by atoms with E-state index in [2.05, 4.69) is 9.97 Å². The summed E-state index contributed by atoms with van der Waals surface area (Å²) in [5, 5.41) is 8.64. The molecule has 1 N–H and O–H groups in total. The van der Waals surface area contributed by atoms with Crippen molar-refractivity contribution in [3.8, 4) is 0 Å². The van der Waals surface area contributed by atoms with Crippen molar-refractivity contribution in [3.63, 3.8) is 0 Å². The van der Waals surface area contributed by atoms with Gasteiger partial charge in [-0.25, -0.2) is 9.97 Å². The Balaban J connectivity index is 2.03. The first-order valence-corrected chi connectivity index (χ1v) is 6.89. The van der Waals surface area contributed by atoms with Crippen molar-refractivity contribution in [1.82, 2.24) is 14.9 Å². The number of aromatic nitrogens is 2. The first kappa shape index (κ1) is 15.4. The van der Waals surface area contributed by atoms with Crippen LogP contribution in [0.3, 0.4) is 0 Å². The minimum absolute atomic E-state index is 0.00968. The van der Waals surface area contributed by atoms with E-state index < -0.39 is 5.97 Å². The number of carboxylic acids is 1. The van der Waals surface area contributed by atoms with Gasteiger partial charge in [0, 0.05) is 24.4 Å². The summed E-state index contributed by atoms with van der Waals surface area (Å²) in [5.74, 6) is -0.566. The van der Waals surface area contributed by atoms with Crippen molar-refractivity contribution in [2.45, 2.75) is 32.8 Å². The summed E-state index contributed by atoms with van der Waals surface area (Å²) >= 11 is 0. The molecule has 0 unspecified atom stereocenters. The number of morpholine rings is 1. The average molecular weight is 293 g/mol. The van der Waals surface area contributed by atoms with Crippen LogP contribution in [0.15, 0.2) is 6.07 Å². The van der Waals surface area contributed by atoms with Crippen LogP contribution in [0, 0.1) is 13.8 Å². The van der Waals surface area contributed by atoms with Gasteiger partial charge in [-0.15, -0.1) is 0 Å². The largest absolute Gasteiger partial charge is 0.481 e. The Kier molecular flexibility index (Phi) is 4.85. The van der Waals surface area contributed by atoms with Gasteiger partial charge in [-0.3, -0.25) is 9.59 Å². The van der Waals surface area contributed by atoms with Crippen LogP contribution in [-0.2, 0) is 14.3 Å². The first-order valence-electron chi connectivity index (χ1n) is 6.89. The molecule has 1 aromatic heterocycles. The van der Waals surface area contributed by atoms with Crippen LogP contribution in [0.4, 0.5) is 0 Å². The van der Waals surface area contributed by atoms with E-state index in [0.29, 0.717) is 25.5 Å². The maximum Gasteiger partial charge on any atom is 0.303 e. The monoisotopic (exact) mass is 293 g/mol. The second-order valence-electron chi connectivity index (χ2n) is 5.10. The Labute approximate surface area is 123 Å². The van der Waals surface area contributed by atoms with E-state index in [-0.39, 0.29) is 24.9 Å². The Morgan fingerprint density at radius 2 is 2.00 bits per heavy atom. The van der Waals surface area contributed by atoms with Gasteiger partial charge in [0.25, 0.3) is 0 Å².